The van der Waals surface area contributed by atoms with Gasteiger partial charge in [-0.15, -0.1) is 0 Å². The molecule has 2 N–H and O–H groups in total. The van der Waals surface area contributed by atoms with E-state index in [1.165, 1.54) is 6.42 Å². The molecule has 4 heteroatoms. The second kappa shape index (κ2) is 5.80. The van der Waals surface area contributed by atoms with E-state index in [1.54, 1.807) is 0 Å². The average molecular weight is 215 g/mol. The Morgan fingerprint density at radius 3 is 2.80 bits per heavy atom. The molecule has 1 saturated carbocycles. The van der Waals surface area contributed by atoms with E-state index in [9.17, 15) is 5.11 Å². The second-order valence-electron chi connectivity index (χ2n) is 4.43. The Morgan fingerprint density at radius 2 is 2.07 bits per heavy atom. The minimum atomic E-state index is -0.178. The molecule has 1 aliphatic carbocycles. The Balaban J connectivity index is 1.67. The summed E-state index contributed by atoms with van der Waals surface area (Å²) in [4.78, 5) is 0. The monoisotopic (exact) mass is 215 g/mol. The molecule has 4 nitrogen and oxygen atoms in total. The van der Waals surface area contributed by atoms with Gasteiger partial charge in [0.2, 0.25) is 0 Å². The van der Waals surface area contributed by atoms with Crippen molar-refractivity contribution in [1.82, 2.24) is 5.32 Å². The number of ether oxygens (including phenoxy) is 2. The Labute approximate surface area is 90.9 Å². The summed E-state index contributed by atoms with van der Waals surface area (Å²) in [6.45, 7) is 2.87. The number of hydrogen-bond donors (Lipinski definition) is 2. The summed E-state index contributed by atoms with van der Waals surface area (Å²) < 4.78 is 10.9. The van der Waals surface area contributed by atoms with Gasteiger partial charge in [-0.1, -0.05) is 12.8 Å². The first-order chi connectivity index (χ1) is 7.36. The average Bonchev–Trinajstić information content (AvgIpc) is 2.29. The lowest BCUT2D eigenvalue weighted by atomic mass is 9.92. The number of hydrogen-bond acceptors (Lipinski definition) is 4. The van der Waals surface area contributed by atoms with Crippen LogP contribution < -0.4 is 5.32 Å². The Bertz CT molecular complexity index is 183. The minimum Gasteiger partial charge on any atom is -0.392 e. The molecule has 2 aliphatic rings. The molecular weight excluding hydrogens is 194 g/mol. The van der Waals surface area contributed by atoms with Gasteiger partial charge in [0.15, 0.2) is 0 Å². The van der Waals surface area contributed by atoms with Gasteiger partial charge in [0.05, 0.1) is 32.0 Å². The molecule has 0 spiro atoms. The van der Waals surface area contributed by atoms with Crippen molar-refractivity contribution in [2.45, 2.75) is 43.9 Å². The third kappa shape index (κ3) is 3.41. The van der Waals surface area contributed by atoms with Crippen LogP contribution >= 0.6 is 0 Å². The lowest BCUT2D eigenvalue weighted by Crippen LogP contribution is -2.47. The molecule has 0 aromatic carbocycles. The van der Waals surface area contributed by atoms with Crippen LogP contribution in [0.2, 0.25) is 0 Å². The quantitative estimate of drug-likeness (QED) is 0.710. The van der Waals surface area contributed by atoms with E-state index >= 15 is 0 Å². The summed E-state index contributed by atoms with van der Waals surface area (Å²) in [7, 11) is 0. The van der Waals surface area contributed by atoms with Crippen LogP contribution in [0.3, 0.4) is 0 Å². The van der Waals surface area contributed by atoms with E-state index in [4.69, 9.17) is 9.47 Å². The van der Waals surface area contributed by atoms with E-state index < -0.39 is 0 Å². The van der Waals surface area contributed by atoms with E-state index in [2.05, 4.69) is 5.32 Å². The molecule has 3 atom stereocenters. The highest BCUT2D eigenvalue weighted by Gasteiger charge is 2.24. The maximum absolute atomic E-state index is 9.76. The third-order valence-electron chi connectivity index (χ3n) is 3.22. The molecule has 88 valence electrons. The molecule has 15 heavy (non-hydrogen) atoms. The molecule has 2 fully saturated rings. The van der Waals surface area contributed by atoms with E-state index in [1.807, 2.05) is 0 Å². The summed E-state index contributed by atoms with van der Waals surface area (Å²) in [6.07, 6.45) is 4.37. The molecular formula is C11H21NO3. The van der Waals surface area contributed by atoms with Crippen molar-refractivity contribution >= 4 is 0 Å². The van der Waals surface area contributed by atoms with Crippen LogP contribution in [0.4, 0.5) is 0 Å². The van der Waals surface area contributed by atoms with Crippen molar-refractivity contribution in [2.75, 3.05) is 26.4 Å². The molecule has 3 unspecified atom stereocenters. The van der Waals surface area contributed by atoms with Gasteiger partial charge in [-0.25, -0.2) is 0 Å². The molecule has 1 heterocycles. The van der Waals surface area contributed by atoms with Crippen LogP contribution in [0.5, 0.6) is 0 Å². The topological polar surface area (TPSA) is 50.7 Å². The summed E-state index contributed by atoms with van der Waals surface area (Å²) in [5.74, 6) is 0. The molecule has 1 aliphatic heterocycles. The lowest BCUT2D eigenvalue weighted by Gasteiger charge is -2.31. The first kappa shape index (κ1) is 11.3. The maximum atomic E-state index is 9.76. The van der Waals surface area contributed by atoms with Crippen LogP contribution in [-0.2, 0) is 9.47 Å². The predicted molar refractivity (Wildman–Crippen MR) is 56.8 cm³/mol. The smallest absolute Gasteiger partial charge is 0.0933 e. The molecule has 2 rings (SSSR count). The first-order valence-electron chi connectivity index (χ1n) is 5.97. The van der Waals surface area contributed by atoms with Crippen molar-refractivity contribution in [3.8, 4) is 0 Å². The van der Waals surface area contributed by atoms with E-state index in [-0.39, 0.29) is 18.2 Å². The van der Waals surface area contributed by atoms with Gasteiger partial charge in [-0.05, 0) is 12.8 Å². The fourth-order valence-corrected chi connectivity index (χ4v) is 2.29. The van der Waals surface area contributed by atoms with Gasteiger partial charge in [-0.3, -0.25) is 0 Å². The zero-order valence-electron chi connectivity index (χ0n) is 9.15. The van der Waals surface area contributed by atoms with E-state index in [0.717, 1.165) is 25.8 Å². The van der Waals surface area contributed by atoms with Gasteiger partial charge in [-0.2, -0.15) is 0 Å². The number of rotatable bonds is 3. The standard InChI is InChI=1S/C11H21NO3/c13-11-4-2-1-3-10(11)12-7-9-8-14-5-6-15-9/h9-13H,1-8H2. The summed E-state index contributed by atoms with van der Waals surface area (Å²) >= 11 is 0. The highest BCUT2D eigenvalue weighted by Crippen LogP contribution is 2.18. The van der Waals surface area contributed by atoms with Crippen molar-refractivity contribution in [3.05, 3.63) is 0 Å². The highest BCUT2D eigenvalue weighted by atomic mass is 16.6. The second-order valence-corrected chi connectivity index (χ2v) is 4.43. The van der Waals surface area contributed by atoms with Crippen LogP contribution in [0.15, 0.2) is 0 Å². The largest absolute Gasteiger partial charge is 0.392 e. The maximum Gasteiger partial charge on any atom is 0.0933 e. The molecule has 0 amide bonds. The van der Waals surface area contributed by atoms with Crippen molar-refractivity contribution in [1.29, 1.82) is 0 Å². The Kier molecular flexibility index (Phi) is 4.38. The van der Waals surface area contributed by atoms with E-state index in [0.29, 0.717) is 19.8 Å². The van der Waals surface area contributed by atoms with Gasteiger partial charge in [0.1, 0.15) is 0 Å². The first-order valence-corrected chi connectivity index (χ1v) is 5.97. The third-order valence-corrected chi connectivity index (χ3v) is 3.22. The normalized spacial score (nSPS) is 37.8. The summed E-state index contributed by atoms with van der Waals surface area (Å²) in [5, 5.41) is 13.1. The number of nitrogens with one attached hydrogen (secondary N) is 1. The molecule has 1 saturated heterocycles. The number of aliphatic hydroxyl groups excluding tert-OH is 1. The zero-order valence-corrected chi connectivity index (χ0v) is 9.15. The van der Waals surface area contributed by atoms with Gasteiger partial charge in [0.25, 0.3) is 0 Å². The molecule has 0 bridgehead atoms. The van der Waals surface area contributed by atoms with Crippen LogP contribution in [0, 0.1) is 0 Å². The molecule has 0 aromatic heterocycles. The SMILES string of the molecule is OC1CCCCC1NCC1COCCO1. The van der Waals surface area contributed by atoms with Gasteiger partial charge >= 0.3 is 0 Å². The van der Waals surface area contributed by atoms with Gasteiger partial charge in [0, 0.05) is 12.6 Å². The minimum absolute atomic E-state index is 0.160. The van der Waals surface area contributed by atoms with Crippen LogP contribution in [0.1, 0.15) is 25.7 Å². The summed E-state index contributed by atoms with van der Waals surface area (Å²) in [6, 6.07) is 0.254. The zero-order chi connectivity index (χ0) is 10.5. The highest BCUT2D eigenvalue weighted by molar-refractivity contribution is 4.81. The summed E-state index contributed by atoms with van der Waals surface area (Å²) in [5.41, 5.74) is 0. The van der Waals surface area contributed by atoms with Crippen molar-refractivity contribution in [2.24, 2.45) is 0 Å². The molecule has 0 aromatic rings. The fourth-order valence-electron chi connectivity index (χ4n) is 2.29. The molecule has 0 radical (unpaired) electrons. The van der Waals surface area contributed by atoms with Crippen LogP contribution in [-0.4, -0.2) is 49.7 Å². The number of aliphatic hydroxyl groups is 1. The van der Waals surface area contributed by atoms with Crippen molar-refractivity contribution in [3.63, 3.8) is 0 Å². The fraction of sp³-hybridized carbons (Fsp3) is 1.00. The van der Waals surface area contributed by atoms with Crippen molar-refractivity contribution < 1.29 is 14.6 Å². The lowest BCUT2D eigenvalue weighted by molar-refractivity contribution is -0.0885. The Morgan fingerprint density at radius 1 is 1.20 bits per heavy atom. The van der Waals surface area contributed by atoms with Gasteiger partial charge < -0.3 is 19.9 Å². The predicted octanol–water partition coefficient (Wildman–Crippen LogP) is 0.295. The Hall–Kier alpha value is -0.160. The van der Waals surface area contributed by atoms with Crippen LogP contribution in [0.25, 0.3) is 0 Å².